The van der Waals surface area contributed by atoms with Crippen LogP contribution >= 0.6 is 0 Å². The van der Waals surface area contributed by atoms with E-state index in [0.717, 1.165) is 0 Å². The number of aliphatic carboxylic acids is 2. The van der Waals surface area contributed by atoms with Gasteiger partial charge in [0.15, 0.2) is 0 Å². The molecule has 3 unspecified atom stereocenters. The summed E-state index contributed by atoms with van der Waals surface area (Å²) < 4.78 is 0. The summed E-state index contributed by atoms with van der Waals surface area (Å²) in [6, 6.07) is -0.917. The first kappa shape index (κ1) is 8.99. The Morgan fingerprint density at radius 1 is 1.50 bits per heavy atom. The summed E-state index contributed by atoms with van der Waals surface area (Å²) in [6.45, 7) is 0. The van der Waals surface area contributed by atoms with E-state index in [-0.39, 0.29) is 18.3 Å². The molecule has 1 aliphatic carbocycles. The zero-order chi connectivity index (χ0) is 9.30. The Morgan fingerprint density at radius 2 is 2.08 bits per heavy atom. The highest BCUT2D eigenvalue weighted by atomic mass is 16.4. The van der Waals surface area contributed by atoms with Gasteiger partial charge in [0.2, 0.25) is 0 Å². The third kappa shape index (κ3) is 1.94. The molecule has 0 radical (unpaired) electrons. The summed E-state index contributed by atoms with van der Waals surface area (Å²) in [5.74, 6) is -2.31. The number of hydrogen-bond acceptors (Lipinski definition) is 3. The number of nitrogens with two attached hydrogens (primary N) is 1. The molecule has 0 aliphatic heterocycles. The second-order valence-corrected chi connectivity index (χ2v) is 3.12. The lowest BCUT2D eigenvalue weighted by Crippen LogP contribution is -2.30. The van der Waals surface area contributed by atoms with Crippen molar-refractivity contribution < 1.29 is 19.8 Å². The van der Waals surface area contributed by atoms with E-state index < -0.39 is 18.0 Å². The van der Waals surface area contributed by atoms with E-state index >= 15 is 0 Å². The number of hydrogen-bond donors (Lipinski definition) is 3. The van der Waals surface area contributed by atoms with E-state index in [2.05, 4.69) is 0 Å². The van der Waals surface area contributed by atoms with Gasteiger partial charge in [-0.1, -0.05) is 0 Å². The molecule has 1 saturated carbocycles. The monoisotopic (exact) mass is 173 g/mol. The van der Waals surface area contributed by atoms with Gasteiger partial charge in [-0.3, -0.25) is 9.59 Å². The molecule has 0 amide bonds. The maximum Gasteiger partial charge on any atom is 0.320 e. The average Bonchev–Trinajstić information content (AvgIpc) is 2.67. The van der Waals surface area contributed by atoms with Gasteiger partial charge in [0.25, 0.3) is 0 Å². The minimum Gasteiger partial charge on any atom is -0.481 e. The lowest BCUT2D eigenvalue weighted by Gasteiger charge is -2.03. The first-order valence-electron chi connectivity index (χ1n) is 3.73. The maximum atomic E-state index is 10.3. The van der Waals surface area contributed by atoms with Crippen LogP contribution in [0, 0.1) is 11.8 Å². The highest BCUT2D eigenvalue weighted by molar-refractivity contribution is 5.75. The van der Waals surface area contributed by atoms with Crippen LogP contribution in [-0.4, -0.2) is 28.2 Å². The normalized spacial score (nSPS) is 29.4. The zero-order valence-electron chi connectivity index (χ0n) is 6.43. The van der Waals surface area contributed by atoms with Crippen LogP contribution in [0.4, 0.5) is 0 Å². The Balaban J connectivity index is 2.27. The molecule has 1 rings (SSSR count). The highest BCUT2D eigenvalue weighted by Crippen LogP contribution is 2.41. The summed E-state index contributed by atoms with van der Waals surface area (Å²) in [7, 11) is 0. The van der Waals surface area contributed by atoms with Gasteiger partial charge < -0.3 is 15.9 Å². The van der Waals surface area contributed by atoms with Crippen molar-refractivity contribution in [1.82, 2.24) is 0 Å². The Morgan fingerprint density at radius 3 is 2.42 bits per heavy atom. The molecule has 0 aromatic rings. The Bertz CT molecular complexity index is 215. The molecule has 5 heteroatoms. The lowest BCUT2D eigenvalue weighted by atomic mass is 10.1. The van der Waals surface area contributed by atoms with Gasteiger partial charge in [0.05, 0.1) is 5.92 Å². The molecule has 68 valence electrons. The van der Waals surface area contributed by atoms with Crippen molar-refractivity contribution in [2.24, 2.45) is 17.6 Å². The fourth-order valence-corrected chi connectivity index (χ4v) is 1.24. The summed E-state index contributed by atoms with van der Waals surface area (Å²) in [5, 5.41) is 16.9. The topological polar surface area (TPSA) is 101 Å². The van der Waals surface area contributed by atoms with Crippen LogP contribution in [0.5, 0.6) is 0 Å². The molecule has 0 heterocycles. The predicted molar refractivity (Wildman–Crippen MR) is 39.5 cm³/mol. The van der Waals surface area contributed by atoms with Crippen molar-refractivity contribution in [2.75, 3.05) is 0 Å². The number of carboxylic acids is 2. The maximum absolute atomic E-state index is 10.3. The van der Waals surface area contributed by atoms with Crippen LogP contribution in [0.2, 0.25) is 0 Å². The minimum atomic E-state index is -1.06. The predicted octanol–water partition coefficient (Wildman–Crippen LogP) is -0.491. The quantitative estimate of drug-likeness (QED) is 0.532. The molecule has 0 aromatic carbocycles. The molecule has 1 aliphatic rings. The third-order valence-corrected chi connectivity index (χ3v) is 2.11. The van der Waals surface area contributed by atoms with E-state index in [0.29, 0.717) is 6.42 Å². The first-order valence-corrected chi connectivity index (χ1v) is 3.73. The van der Waals surface area contributed by atoms with E-state index in [9.17, 15) is 9.59 Å². The Labute approximate surface area is 69.2 Å². The van der Waals surface area contributed by atoms with E-state index in [1.165, 1.54) is 0 Å². The molecule has 0 aromatic heterocycles. The summed E-state index contributed by atoms with van der Waals surface area (Å²) in [5.41, 5.74) is 5.23. The molecule has 0 bridgehead atoms. The van der Waals surface area contributed by atoms with Crippen LogP contribution in [-0.2, 0) is 9.59 Å². The van der Waals surface area contributed by atoms with Crippen molar-refractivity contribution in [1.29, 1.82) is 0 Å². The van der Waals surface area contributed by atoms with Crippen LogP contribution in [0.25, 0.3) is 0 Å². The van der Waals surface area contributed by atoms with E-state index in [1.807, 2.05) is 0 Å². The van der Waals surface area contributed by atoms with Gasteiger partial charge in [-0.25, -0.2) is 0 Å². The van der Waals surface area contributed by atoms with Gasteiger partial charge in [-0.2, -0.15) is 0 Å². The Kier molecular flexibility index (Phi) is 2.32. The largest absolute Gasteiger partial charge is 0.481 e. The number of carbonyl (C=O) groups is 2. The van der Waals surface area contributed by atoms with Crippen molar-refractivity contribution >= 4 is 11.9 Å². The summed E-state index contributed by atoms with van der Waals surface area (Å²) >= 11 is 0. The Hall–Kier alpha value is -1.10. The fourth-order valence-electron chi connectivity index (χ4n) is 1.24. The zero-order valence-corrected chi connectivity index (χ0v) is 6.43. The summed E-state index contributed by atoms with van der Waals surface area (Å²) in [6.07, 6.45) is 0.836. The smallest absolute Gasteiger partial charge is 0.320 e. The third-order valence-electron chi connectivity index (χ3n) is 2.11. The highest BCUT2D eigenvalue weighted by Gasteiger charge is 2.44. The molecule has 0 saturated heterocycles. The molecule has 4 N–H and O–H groups in total. The van der Waals surface area contributed by atoms with Gasteiger partial charge >= 0.3 is 11.9 Å². The molecule has 1 fully saturated rings. The van der Waals surface area contributed by atoms with Crippen molar-refractivity contribution in [3.8, 4) is 0 Å². The van der Waals surface area contributed by atoms with Gasteiger partial charge in [0.1, 0.15) is 6.04 Å². The molecular weight excluding hydrogens is 162 g/mol. The second kappa shape index (κ2) is 3.10. The number of rotatable bonds is 4. The molecule has 0 spiro atoms. The van der Waals surface area contributed by atoms with Crippen molar-refractivity contribution in [3.63, 3.8) is 0 Å². The lowest BCUT2D eigenvalue weighted by molar-refractivity contribution is -0.140. The van der Waals surface area contributed by atoms with Crippen molar-refractivity contribution in [2.45, 2.75) is 18.9 Å². The molecule has 12 heavy (non-hydrogen) atoms. The second-order valence-electron chi connectivity index (χ2n) is 3.12. The van der Waals surface area contributed by atoms with Gasteiger partial charge in [-0.05, 0) is 18.8 Å². The van der Waals surface area contributed by atoms with Gasteiger partial charge in [-0.15, -0.1) is 0 Å². The average molecular weight is 173 g/mol. The standard InChI is InChI=1S/C7H11NO4/c8-5(7(11)12)2-3-1-4(3)6(9)10/h3-5H,1-2,8H2,(H,9,10)(H,11,12). The minimum absolute atomic E-state index is 0.0337. The van der Waals surface area contributed by atoms with E-state index in [1.54, 1.807) is 0 Å². The van der Waals surface area contributed by atoms with Crippen LogP contribution in [0.1, 0.15) is 12.8 Å². The molecule has 3 atom stereocenters. The first-order chi connectivity index (χ1) is 5.52. The van der Waals surface area contributed by atoms with Crippen LogP contribution in [0.15, 0.2) is 0 Å². The van der Waals surface area contributed by atoms with Gasteiger partial charge in [0, 0.05) is 0 Å². The SMILES string of the molecule is NC(CC1CC1C(=O)O)C(=O)O. The van der Waals surface area contributed by atoms with Crippen molar-refractivity contribution in [3.05, 3.63) is 0 Å². The fraction of sp³-hybridized carbons (Fsp3) is 0.714. The van der Waals surface area contributed by atoms with Crippen LogP contribution < -0.4 is 5.73 Å². The van der Waals surface area contributed by atoms with E-state index in [4.69, 9.17) is 15.9 Å². The number of carboxylic acid groups (broad SMARTS) is 2. The molecular formula is C7H11NO4. The van der Waals surface area contributed by atoms with Crippen LogP contribution in [0.3, 0.4) is 0 Å². The molecule has 5 nitrogen and oxygen atoms in total. The summed E-state index contributed by atoms with van der Waals surface area (Å²) in [4.78, 5) is 20.6.